The average Bonchev–Trinajstić information content (AvgIpc) is 3.20. The molecule has 33 heavy (non-hydrogen) atoms. The molecule has 0 aliphatic heterocycles. The van der Waals surface area contributed by atoms with Crippen molar-refractivity contribution in [2.75, 3.05) is 11.9 Å². The van der Waals surface area contributed by atoms with E-state index in [1.54, 1.807) is 34.8 Å². The van der Waals surface area contributed by atoms with Crippen molar-refractivity contribution in [3.05, 3.63) is 77.1 Å². The Hall–Kier alpha value is -3.92. The third-order valence-electron chi connectivity index (χ3n) is 4.71. The first-order valence-corrected chi connectivity index (χ1v) is 11.1. The van der Waals surface area contributed by atoms with Crippen LogP contribution < -0.4 is 15.8 Å². The van der Waals surface area contributed by atoms with Crippen LogP contribution >= 0.6 is 11.8 Å². The number of nitrogens with zero attached hydrogens (tertiary/aromatic N) is 4. The molecule has 3 N–H and O–H groups in total. The number of hydrogen-bond acceptors (Lipinski definition) is 7. The van der Waals surface area contributed by atoms with Gasteiger partial charge < -0.3 is 15.8 Å². The van der Waals surface area contributed by atoms with Crippen molar-refractivity contribution in [2.45, 2.75) is 24.8 Å². The van der Waals surface area contributed by atoms with Crippen molar-refractivity contribution in [1.82, 2.24) is 19.6 Å². The standard InChI is InChI=1S/C23H22N6O3S/c1-14-11-15(2)29-22(25-14)27-23(28-29)33-13-16-5-3-4-6-19(16)21(31)26-17-7-9-18(10-8-17)32-12-20(24)30/h3-11H,12-13H2,1-2H3,(H2,24,30)(H,26,31). The van der Waals surface area contributed by atoms with E-state index in [9.17, 15) is 9.59 Å². The van der Waals surface area contributed by atoms with E-state index in [1.807, 2.05) is 38.1 Å². The first kappa shape index (κ1) is 22.3. The van der Waals surface area contributed by atoms with Gasteiger partial charge in [-0.2, -0.15) is 4.98 Å². The summed E-state index contributed by atoms with van der Waals surface area (Å²) in [6.07, 6.45) is 0. The van der Waals surface area contributed by atoms with Crippen LogP contribution in [0, 0.1) is 13.8 Å². The summed E-state index contributed by atoms with van der Waals surface area (Å²) in [5.74, 6) is 0.793. The molecule has 0 spiro atoms. The van der Waals surface area contributed by atoms with E-state index >= 15 is 0 Å². The number of thioether (sulfide) groups is 1. The SMILES string of the molecule is Cc1cc(C)n2nc(SCc3ccccc3C(=O)Nc3ccc(OCC(N)=O)cc3)nc2n1. The monoisotopic (exact) mass is 462 g/mol. The number of ether oxygens (including phenoxy) is 1. The Morgan fingerprint density at radius 3 is 2.61 bits per heavy atom. The van der Waals surface area contributed by atoms with Gasteiger partial charge in [-0.1, -0.05) is 30.0 Å². The van der Waals surface area contributed by atoms with E-state index < -0.39 is 5.91 Å². The lowest BCUT2D eigenvalue weighted by molar-refractivity contribution is -0.119. The zero-order chi connectivity index (χ0) is 23.4. The van der Waals surface area contributed by atoms with Gasteiger partial charge in [0, 0.05) is 28.4 Å². The van der Waals surface area contributed by atoms with Crippen LogP contribution in [0.2, 0.25) is 0 Å². The molecular formula is C23H22N6O3S. The zero-order valence-corrected chi connectivity index (χ0v) is 18.9. The largest absolute Gasteiger partial charge is 0.484 e. The highest BCUT2D eigenvalue weighted by Crippen LogP contribution is 2.24. The van der Waals surface area contributed by atoms with E-state index in [2.05, 4.69) is 20.4 Å². The molecule has 2 heterocycles. The van der Waals surface area contributed by atoms with Gasteiger partial charge in [-0.25, -0.2) is 9.50 Å². The Balaban J connectivity index is 1.44. The van der Waals surface area contributed by atoms with Gasteiger partial charge in [0.2, 0.25) is 5.16 Å². The van der Waals surface area contributed by atoms with Gasteiger partial charge in [0.25, 0.3) is 17.6 Å². The molecule has 4 aromatic rings. The minimum absolute atomic E-state index is 0.201. The highest BCUT2D eigenvalue weighted by atomic mass is 32.2. The molecule has 2 amide bonds. The number of fused-ring (bicyclic) bond motifs is 1. The molecule has 168 valence electrons. The highest BCUT2D eigenvalue weighted by molar-refractivity contribution is 7.98. The second-order valence-electron chi connectivity index (χ2n) is 7.32. The molecule has 0 atom stereocenters. The van der Waals surface area contributed by atoms with Crippen LogP contribution in [0.5, 0.6) is 5.75 Å². The predicted molar refractivity (Wildman–Crippen MR) is 125 cm³/mol. The van der Waals surface area contributed by atoms with Gasteiger partial charge in [0.1, 0.15) is 5.75 Å². The molecule has 0 saturated carbocycles. The Bertz CT molecular complexity index is 1320. The maximum Gasteiger partial charge on any atom is 0.255 e. The second-order valence-corrected chi connectivity index (χ2v) is 8.27. The summed E-state index contributed by atoms with van der Waals surface area (Å²) in [5.41, 5.74) is 8.95. The number of benzene rings is 2. The minimum Gasteiger partial charge on any atom is -0.484 e. The molecule has 0 saturated heterocycles. The Morgan fingerprint density at radius 2 is 1.85 bits per heavy atom. The number of amides is 2. The Kier molecular flexibility index (Phi) is 6.55. The van der Waals surface area contributed by atoms with Gasteiger partial charge in [0.05, 0.1) is 0 Å². The predicted octanol–water partition coefficient (Wildman–Crippen LogP) is 3.15. The van der Waals surface area contributed by atoms with Crippen molar-refractivity contribution >= 4 is 35.0 Å². The van der Waals surface area contributed by atoms with Gasteiger partial charge in [-0.15, -0.1) is 5.10 Å². The summed E-state index contributed by atoms with van der Waals surface area (Å²) in [5, 5.41) is 7.99. The molecule has 0 aliphatic rings. The number of carbonyl (C=O) groups excluding carboxylic acids is 2. The molecule has 2 aromatic carbocycles. The van der Waals surface area contributed by atoms with Gasteiger partial charge in [-0.05, 0) is 55.8 Å². The summed E-state index contributed by atoms with van der Waals surface area (Å²) in [6, 6.07) is 16.1. The van der Waals surface area contributed by atoms with Crippen molar-refractivity contribution in [3.63, 3.8) is 0 Å². The number of nitrogens with two attached hydrogens (primary N) is 1. The lowest BCUT2D eigenvalue weighted by Crippen LogP contribution is -2.20. The molecule has 0 bridgehead atoms. The number of carbonyl (C=O) groups is 2. The number of primary amides is 1. The first-order valence-electron chi connectivity index (χ1n) is 10.1. The van der Waals surface area contributed by atoms with Crippen molar-refractivity contribution in [3.8, 4) is 5.75 Å². The molecular weight excluding hydrogens is 440 g/mol. The smallest absolute Gasteiger partial charge is 0.255 e. The fourth-order valence-corrected chi connectivity index (χ4v) is 4.03. The van der Waals surface area contributed by atoms with Crippen LogP contribution in [-0.4, -0.2) is 38.0 Å². The number of rotatable bonds is 8. The first-order chi connectivity index (χ1) is 15.9. The van der Waals surface area contributed by atoms with E-state index in [4.69, 9.17) is 10.5 Å². The van der Waals surface area contributed by atoms with Crippen LogP contribution in [-0.2, 0) is 10.5 Å². The fraction of sp³-hybridized carbons (Fsp3) is 0.174. The molecule has 0 unspecified atom stereocenters. The molecule has 0 fully saturated rings. The normalized spacial score (nSPS) is 10.8. The van der Waals surface area contributed by atoms with E-state index in [1.165, 1.54) is 11.8 Å². The lowest BCUT2D eigenvalue weighted by Gasteiger charge is -2.10. The fourth-order valence-electron chi connectivity index (χ4n) is 3.21. The highest BCUT2D eigenvalue weighted by Gasteiger charge is 2.14. The Morgan fingerprint density at radius 1 is 1.09 bits per heavy atom. The average molecular weight is 463 g/mol. The maximum atomic E-state index is 12.9. The van der Waals surface area contributed by atoms with Crippen molar-refractivity contribution in [1.29, 1.82) is 0 Å². The molecule has 0 radical (unpaired) electrons. The van der Waals surface area contributed by atoms with Gasteiger partial charge >= 0.3 is 0 Å². The molecule has 4 rings (SSSR count). The topological polar surface area (TPSA) is 124 Å². The number of aromatic nitrogens is 4. The van der Waals surface area contributed by atoms with Crippen LogP contribution in [0.3, 0.4) is 0 Å². The molecule has 2 aromatic heterocycles. The third kappa shape index (κ3) is 5.47. The van der Waals surface area contributed by atoms with Crippen LogP contribution in [0.1, 0.15) is 27.3 Å². The number of hydrogen-bond donors (Lipinski definition) is 2. The Labute approximate surface area is 194 Å². The zero-order valence-electron chi connectivity index (χ0n) is 18.1. The quantitative estimate of drug-likeness (QED) is 0.385. The summed E-state index contributed by atoms with van der Waals surface area (Å²) in [7, 11) is 0. The summed E-state index contributed by atoms with van der Waals surface area (Å²) in [4.78, 5) is 32.6. The van der Waals surface area contributed by atoms with Crippen molar-refractivity contribution in [2.24, 2.45) is 5.73 Å². The summed E-state index contributed by atoms with van der Waals surface area (Å²) >= 11 is 1.44. The number of nitrogens with one attached hydrogen (secondary N) is 1. The summed E-state index contributed by atoms with van der Waals surface area (Å²) < 4.78 is 6.95. The van der Waals surface area contributed by atoms with Gasteiger partial charge in [0.15, 0.2) is 6.61 Å². The van der Waals surface area contributed by atoms with Crippen molar-refractivity contribution < 1.29 is 14.3 Å². The van der Waals surface area contributed by atoms with E-state index in [0.717, 1.165) is 17.0 Å². The second kappa shape index (κ2) is 9.70. The van der Waals surface area contributed by atoms with Crippen LogP contribution in [0.15, 0.2) is 59.8 Å². The van der Waals surface area contributed by atoms with Crippen LogP contribution in [0.25, 0.3) is 5.78 Å². The summed E-state index contributed by atoms with van der Waals surface area (Å²) in [6.45, 7) is 3.68. The lowest BCUT2D eigenvalue weighted by atomic mass is 10.1. The maximum absolute atomic E-state index is 12.9. The van der Waals surface area contributed by atoms with E-state index in [-0.39, 0.29) is 12.5 Å². The van der Waals surface area contributed by atoms with Crippen LogP contribution in [0.4, 0.5) is 5.69 Å². The minimum atomic E-state index is -0.554. The number of anilines is 1. The molecule has 10 heteroatoms. The molecule has 0 aliphatic carbocycles. The molecule has 9 nitrogen and oxygen atoms in total. The van der Waals surface area contributed by atoms with E-state index in [0.29, 0.717) is 33.7 Å². The third-order valence-corrected chi connectivity index (χ3v) is 5.60. The van der Waals surface area contributed by atoms with Gasteiger partial charge in [-0.3, -0.25) is 9.59 Å². The number of aryl methyl sites for hydroxylation is 2.